The van der Waals surface area contributed by atoms with Crippen LogP contribution in [0.25, 0.3) is 0 Å². The SMILES string of the molecule is O=C(c1cn[nH]c1C1CC1)N(c1ccc(Br)cc1)C1CCCCC1. The summed E-state index contributed by atoms with van der Waals surface area (Å²) in [5.74, 6) is 0.587. The fourth-order valence-electron chi connectivity index (χ4n) is 3.71. The van der Waals surface area contributed by atoms with Crippen LogP contribution in [0.1, 0.15) is 66.9 Å². The molecule has 1 heterocycles. The summed E-state index contributed by atoms with van der Waals surface area (Å²) in [4.78, 5) is 15.4. The molecule has 0 spiro atoms. The molecule has 2 aliphatic carbocycles. The molecule has 126 valence electrons. The molecule has 2 aliphatic rings. The van der Waals surface area contributed by atoms with Gasteiger partial charge >= 0.3 is 0 Å². The van der Waals surface area contributed by atoms with Crippen molar-refractivity contribution in [1.29, 1.82) is 0 Å². The van der Waals surface area contributed by atoms with Gasteiger partial charge in [-0.2, -0.15) is 5.10 Å². The summed E-state index contributed by atoms with van der Waals surface area (Å²) in [5, 5.41) is 7.22. The van der Waals surface area contributed by atoms with Crippen LogP contribution in [0.5, 0.6) is 0 Å². The van der Waals surface area contributed by atoms with Crippen LogP contribution < -0.4 is 4.90 Å². The molecule has 24 heavy (non-hydrogen) atoms. The topological polar surface area (TPSA) is 49.0 Å². The second-order valence-corrected chi connectivity index (χ2v) is 7.83. The third-order valence-electron chi connectivity index (χ3n) is 5.15. The summed E-state index contributed by atoms with van der Waals surface area (Å²) in [6, 6.07) is 8.38. The average Bonchev–Trinajstić information content (AvgIpc) is 3.34. The van der Waals surface area contributed by atoms with Crippen molar-refractivity contribution in [1.82, 2.24) is 10.2 Å². The second kappa shape index (κ2) is 6.71. The first-order valence-corrected chi connectivity index (χ1v) is 9.66. The van der Waals surface area contributed by atoms with E-state index in [1.165, 1.54) is 19.3 Å². The Labute approximate surface area is 150 Å². The van der Waals surface area contributed by atoms with Gasteiger partial charge in [-0.05, 0) is 49.9 Å². The Hall–Kier alpha value is -1.62. The normalized spacial score (nSPS) is 18.5. The third-order valence-corrected chi connectivity index (χ3v) is 5.68. The highest BCUT2D eigenvalue weighted by atomic mass is 79.9. The number of anilines is 1. The molecule has 4 rings (SSSR count). The number of carbonyl (C=O) groups is 1. The molecule has 0 atom stereocenters. The predicted octanol–water partition coefficient (Wildman–Crippen LogP) is 5.03. The van der Waals surface area contributed by atoms with Crippen molar-refractivity contribution >= 4 is 27.5 Å². The van der Waals surface area contributed by atoms with Gasteiger partial charge in [-0.25, -0.2) is 0 Å². The molecule has 0 unspecified atom stereocenters. The Morgan fingerprint density at radius 3 is 2.46 bits per heavy atom. The van der Waals surface area contributed by atoms with E-state index in [1.54, 1.807) is 6.20 Å². The fourth-order valence-corrected chi connectivity index (χ4v) is 3.98. The van der Waals surface area contributed by atoms with Crippen molar-refractivity contribution in [2.45, 2.75) is 56.9 Å². The molecule has 2 fully saturated rings. The van der Waals surface area contributed by atoms with Crippen molar-refractivity contribution in [3.8, 4) is 0 Å². The zero-order valence-corrected chi connectivity index (χ0v) is 15.3. The molecule has 1 aromatic carbocycles. The molecule has 0 aliphatic heterocycles. The van der Waals surface area contributed by atoms with Gasteiger partial charge in [0.1, 0.15) is 0 Å². The Morgan fingerprint density at radius 2 is 1.79 bits per heavy atom. The van der Waals surface area contributed by atoms with Gasteiger partial charge in [-0.15, -0.1) is 0 Å². The number of carbonyl (C=O) groups excluding carboxylic acids is 1. The number of rotatable bonds is 4. The number of amides is 1. The Bertz CT molecular complexity index is 714. The highest BCUT2D eigenvalue weighted by Gasteiger charge is 2.34. The van der Waals surface area contributed by atoms with Gasteiger partial charge in [0.2, 0.25) is 0 Å². The summed E-state index contributed by atoms with van der Waals surface area (Å²) < 4.78 is 1.03. The van der Waals surface area contributed by atoms with E-state index in [0.717, 1.165) is 47.1 Å². The van der Waals surface area contributed by atoms with Crippen LogP contribution in [0.4, 0.5) is 5.69 Å². The van der Waals surface area contributed by atoms with Gasteiger partial charge < -0.3 is 4.90 Å². The summed E-state index contributed by atoms with van der Waals surface area (Å²) in [6.07, 6.45) is 9.87. The molecule has 4 nitrogen and oxygen atoms in total. The van der Waals surface area contributed by atoms with E-state index in [1.807, 2.05) is 29.2 Å². The van der Waals surface area contributed by atoms with Gasteiger partial charge in [-0.3, -0.25) is 9.89 Å². The van der Waals surface area contributed by atoms with Crippen molar-refractivity contribution in [2.24, 2.45) is 0 Å². The van der Waals surface area contributed by atoms with Crippen LogP contribution in [0.3, 0.4) is 0 Å². The summed E-state index contributed by atoms with van der Waals surface area (Å²) in [5.41, 5.74) is 2.77. The molecule has 2 saturated carbocycles. The summed E-state index contributed by atoms with van der Waals surface area (Å²) in [7, 11) is 0. The number of aromatic nitrogens is 2. The number of benzene rings is 1. The number of hydrogen-bond acceptors (Lipinski definition) is 2. The molecular weight excluding hydrogens is 366 g/mol. The first-order valence-electron chi connectivity index (χ1n) is 8.86. The Kier molecular flexibility index (Phi) is 4.44. The van der Waals surface area contributed by atoms with E-state index in [9.17, 15) is 4.79 Å². The van der Waals surface area contributed by atoms with E-state index >= 15 is 0 Å². The standard InChI is InChI=1S/C19H22BrN3O/c20-14-8-10-16(11-9-14)23(15-4-2-1-3-5-15)19(24)17-12-21-22-18(17)13-6-7-13/h8-13,15H,1-7H2,(H,21,22). The van der Waals surface area contributed by atoms with Gasteiger partial charge in [-0.1, -0.05) is 35.2 Å². The lowest BCUT2D eigenvalue weighted by Gasteiger charge is -2.34. The highest BCUT2D eigenvalue weighted by Crippen LogP contribution is 2.41. The quantitative estimate of drug-likeness (QED) is 0.799. The maximum atomic E-state index is 13.4. The van der Waals surface area contributed by atoms with Crippen LogP contribution in [0.15, 0.2) is 34.9 Å². The molecule has 0 bridgehead atoms. The van der Waals surface area contributed by atoms with E-state index in [0.29, 0.717) is 5.92 Å². The lowest BCUT2D eigenvalue weighted by molar-refractivity contribution is 0.0969. The minimum absolute atomic E-state index is 0.0971. The molecular formula is C19H22BrN3O. The van der Waals surface area contributed by atoms with Gasteiger partial charge in [0.15, 0.2) is 0 Å². The second-order valence-electron chi connectivity index (χ2n) is 6.92. The fraction of sp³-hybridized carbons (Fsp3) is 0.474. The maximum absolute atomic E-state index is 13.4. The zero-order chi connectivity index (χ0) is 16.5. The molecule has 1 aromatic heterocycles. The van der Waals surface area contributed by atoms with Crippen molar-refractivity contribution in [2.75, 3.05) is 4.90 Å². The lowest BCUT2D eigenvalue weighted by atomic mass is 9.93. The van der Waals surface area contributed by atoms with Crippen LogP contribution in [0, 0.1) is 0 Å². The largest absolute Gasteiger partial charge is 0.305 e. The van der Waals surface area contributed by atoms with Crippen LogP contribution >= 0.6 is 15.9 Å². The lowest BCUT2D eigenvalue weighted by Crippen LogP contribution is -2.42. The molecule has 1 N–H and O–H groups in total. The first kappa shape index (κ1) is 15.9. The van der Waals surface area contributed by atoms with Crippen LogP contribution in [0.2, 0.25) is 0 Å². The smallest absolute Gasteiger partial charge is 0.262 e. The Morgan fingerprint density at radius 1 is 1.08 bits per heavy atom. The number of aromatic amines is 1. The third kappa shape index (κ3) is 3.14. The molecule has 2 aromatic rings. The number of nitrogens with zero attached hydrogens (tertiary/aromatic N) is 2. The zero-order valence-electron chi connectivity index (χ0n) is 13.7. The number of nitrogens with one attached hydrogen (secondary N) is 1. The van der Waals surface area contributed by atoms with Gasteiger partial charge in [0.05, 0.1) is 17.5 Å². The molecule has 0 saturated heterocycles. The number of H-pyrrole nitrogens is 1. The monoisotopic (exact) mass is 387 g/mol. The predicted molar refractivity (Wildman–Crippen MR) is 98.4 cm³/mol. The molecule has 1 amide bonds. The summed E-state index contributed by atoms with van der Waals surface area (Å²) in [6.45, 7) is 0. The van der Waals surface area contributed by atoms with E-state index in [4.69, 9.17) is 0 Å². The molecule has 5 heteroatoms. The molecule has 0 radical (unpaired) electrons. The van der Waals surface area contributed by atoms with Crippen molar-refractivity contribution in [3.63, 3.8) is 0 Å². The van der Waals surface area contributed by atoms with Crippen molar-refractivity contribution < 1.29 is 4.79 Å². The minimum Gasteiger partial charge on any atom is -0.305 e. The van der Waals surface area contributed by atoms with E-state index in [-0.39, 0.29) is 11.9 Å². The van der Waals surface area contributed by atoms with Gasteiger partial charge in [0.25, 0.3) is 5.91 Å². The van der Waals surface area contributed by atoms with Crippen LogP contribution in [-0.4, -0.2) is 22.1 Å². The minimum atomic E-state index is 0.0971. The van der Waals surface area contributed by atoms with Gasteiger partial charge in [0, 0.05) is 22.1 Å². The maximum Gasteiger partial charge on any atom is 0.262 e. The summed E-state index contributed by atoms with van der Waals surface area (Å²) >= 11 is 3.49. The number of hydrogen-bond donors (Lipinski definition) is 1. The van der Waals surface area contributed by atoms with Crippen LogP contribution in [-0.2, 0) is 0 Å². The number of halogens is 1. The average molecular weight is 388 g/mol. The Balaban J connectivity index is 1.69. The van der Waals surface area contributed by atoms with E-state index in [2.05, 4.69) is 26.1 Å². The van der Waals surface area contributed by atoms with E-state index < -0.39 is 0 Å². The van der Waals surface area contributed by atoms with Crippen molar-refractivity contribution in [3.05, 3.63) is 46.2 Å². The highest BCUT2D eigenvalue weighted by molar-refractivity contribution is 9.10. The first-order chi connectivity index (χ1) is 11.7.